The molecule has 1 amide bonds. The van der Waals surface area contributed by atoms with Crippen molar-refractivity contribution in [2.45, 2.75) is 13.1 Å². The maximum atomic E-state index is 13.6. The Hall–Kier alpha value is -4.51. The van der Waals surface area contributed by atoms with Crippen LogP contribution in [0.5, 0.6) is 0 Å². The van der Waals surface area contributed by atoms with Gasteiger partial charge in [0.05, 0.1) is 12.1 Å². The molecule has 8 nitrogen and oxygen atoms in total. The summed E-state index contributed by atoms with van der Waals surface area (Å²) < 4.78 is 26.8. The Morgan fingerprint density at radius 3 is 2.68 bits per heavy atom. The molecule has 2 aromatic carbocycles. The zero-order valence-electron chi connectivity index (χ0n) is 19.7. The van der Waals surface area contributed by atoms with E-state index in [-0.39, 0.29) is 12.2 Å². The maximum Gasteiger partial charge on any atom is 0.276 e. The van der Waals surface area contributed by atoms with E-state index in [0.717, 1.165) is 38.4 Å². The number of hydrogen-bond acceptors (Lipinski definition) is 8. The maximum absolute atomic E-state index is 13.6. The first kappa shape index (κ1) is 24.2. The molecule has 0 atom stereocenters. The molecular formula is C26H21F2N7OS. The van der Waals surface area contributed by atoms with Crippen LogP contribution >= 0.6 is 11.3 Å². The third-order valence-electron chi connectivity index (χ3n) is 5.69. The second-order valence-corrected chi connectivity index (χ2v) is 9.44. The highest BCUT2D eigenvalue weighted by atomic mass is 32.1. The van der Waals surface area contributed by atoms with Crippen molar-refractivity contribution in [2.24, 2.45) is 0 Å². The van der Waals surface area contributed by atoms with E-state index in [2.05, 4.69) is 25.3 Å². The van der Waals surface area contributed by atoms with Crippen molar-refractivity contribution in [3.63, 3.8) is 0 Å². The van der Waals surface area contributed by atoms with Crippen molar-refractivity contribution >= 4 is 39.8 Å². The van der Waals surface area contributed by atoms with Crippen molar-refractivity contribution in [2.75, 3.05) is 18.1 Å². The van der Waals surface area contributed by atoms with Gasteiger partial charge in [0.15, 0.2) is 23.1 Å². The molecule has 5 rings (SSSR count). The summed E-state index contributed by atoms with van der Waals surface area (Å²) in [4.78, 5) is 33.3. The van der Waals surface area contributed by atoms with Gasteiger partial charge >= 0.3 is 0 Å². The largest absolute Gasteiger partial charge is 0.383 e. The topological polar surface area (TPSA) is 110 Å². The van der Waals surface area contributed by atoms with Gasteiger partial charge in [-0.05, 0) is 47.5 Å². The molecule has 0 aliphatic heterocycles. The van der Waals surface area contributed by atoms with E-state index in [0.29, 0.717) is 23.7 Å². The van der Waals surface area contributed by atoms with Gasteiger partial charge in [0, 0.05) is 41.1 Å². The van der Waals surface area contributed by atoms with Gasteiger partial charge in [0.25, 0.3) is 5.91 Å². The lowest BCUT2D eigenvalue weighted by molar-refractivity contribution is 0.0779. The van der Waals surface area contributed by atoms with Crippen LogP contribution in [0.25, 0.3) is 21.3 Å². The molecule has 0 saturated carbocycles. The van der Waals surface area contributed by atoms with Gasteiger partial charge in [0.1, 0.15) is 12.1 Å². The number of nitrogens with one attached hydrogen (secondary N) is 1. The highest BCUT2D eigenvalue weighted by Gasteiger charge is 2.19. The second-order valence-electron chi connectivity index (χ2n) is 8.27. The number of amides is 1. The summed E-state index contributed by atoms with van der Waals surface area (Å²) in [6.07, 6.45) is 4.37. The van der Waals surface area contributed by atoms with Gasteiger partial charge < -0.3 is 16.0 Å². The summed E-state index contributed by atoms with van der Waals surface area (Å²) in [6.45, 7) is 0.511. The first-order valence-corrected chi connectivity index (χ1v) is 12.0. The van der Waals surface area contributed by atoms with Gasteiger partial charge in [-0.3, -0.25) is 4.79 Å². The number of hydrogen-bond donors (Lipinski definition) is 2. The first-order chi connectivity index (χ1) is 17.9. The predicted octanol–water partition coefficient (Wildman–Crippen LogP) is 4.89. The number of benzene rings is 2. The summed E-state index contributed by atoms with van der Waals surface area (Å²) >= 11 is 1.59. The number of carbonyl (C=O) groups excluding carboxylic acids is 1. The number of fused-ring (bicyclic) bond motifs is 1. The van der Waals surface area contributed by atoms with Crippen molar-refractivity contribution in [1.82, 2.24) is 24.8 Å². The number of halogens is 2. The molecule has 37 heavy (non-hydrogen) atoms. The standard InChI is InChI=1S/C26H21F2N7OS/c1-35(13-15-2-5-19(27)20(28)10-15)26(36)23-25(31-9-8-30-23)32-12-17-4-7-22(37-17)16-3-6-21-18(11-16)24(29)34-14-33-21/h2-11,14H,12-13H2,1H3,(H,31,32)(H2,29,33,34). The molecule has 0 aliphatic carbocycles. The van der Waals surface area contributed by atoms with Crippen LogP contribution in [0.2, 0.25) is 0 Å². The Morgan fingerprint density at radius 2 is 1.84 bits per heavy atom. The Kier molecular flexibility index (Phi) is 6.69. The number of nitrogens with two attached hydrogens (primary N) is 1. The van der Waals surface area contributed by atoms with Crippen LogP contribution in [0.3, 0.4) is 0 Å². The fourth-order valence-electron chi connectivity index (χ4n) is 3.82. The first-order valence-electron chi connectivity index (χ1n) is 11.2. The molecule has 186 valence electrons. The summed E-state index contributed by atoms with van der Waals surface area (Å²) in [5, 5.41) is 3.98. The molecule has 0 saturated heterocycles. The second kappa shape index (κ2) is 10.2. The lowest BCUT2D eigenvalue weighted by Crippen LogP contribution is -2.28. The molecule has 0 radical (unpaired) electrons. The highest BCUT2D eigenvalue weighted by molar-refractivity contribution is 7.15. The fourth-order valence-corrected chi connectivity index (χ4v) is 4.76. The van der Waals surface area contributed by atoms with Gasteiger partial charge in [-0.2, -0.15) is 0 Å². The molecule has 0 aliphatic rings. The van der Waals surface area contributed by atoms with Crippen LogP contribution in [-0.4, -0.2) is 37.8 Å². The Bertz CT molecular complexity index is 1610. The van der Waals surface area contributed by atoms with Gasteiger partial charge in [0.2, 0.25) is 0 Å². The predicted molar refractivity (Wildman–Crippen MR) is 139 cm³/mol. The molecule has 0 bridgehead atoms. The SMILES string of the molecule is CN(Cc1ccc(F)c(F)c1)C(=O)c1nccnc1NCc1ccc(-c2ccc3ncnc(N)c3c2)s1. The molecular weight excluding hydrogens is 496 g/mol. The normalized spacial score (nSPS) is 11.0. The number of carbonyl (C=O) groups is 1. The minimum absolute atomic E-state index is 0.0850. The van der Waals surface area contributed by atoms with E-state index in [1.165, 1.54) is 29.7 Å². The van der Waals surface area contributed by atoms with Gasteiger partial charge in [-0.25, -0.2) is 28.7 Å². The lowest BCUT2D eigenvalue weighted by atomic mass is 10.1. The van der Waals surface area contributed by atoms with Crippen LogP contribution < -0.4 is 11.1 Å². The monoisotopic (exact) mass is 517 g/mol. The Labute approximate surface area is 214 Å². The number of aromatic nitrogens is 4. The molecule has 5 aromatic rings. The van der Waals surface area contributed by atoms with Gasteiger partial charge in [-0.15, -0.1) is 11.3 Å². The van der Waals surface area contributed by atoms with Crippen molar-refractivity contribution in [3.05, 3.63) is 95.0 Å². The van der Waals surface area contributed by atoms with Crippen molar-refractivity contribution in [3.8, 4) is 10.4 Å². The Morgan fingerprint density at radius 1 is 1.00 bits per heavy atom. The average Bonchev–Trinajstić information content (AvgIpc) is 3.38. The summed E-state index contributed by atoms with van der Waals surface area (Å²) in [5.74, 6) is -1.54. The number of anilines is 2. The number of rotatable bonds is 7. The van der Waals surface area contributed by atoms with E-state index in [9.17, 15) is 13.6 Å². The Balaban J connectivity index is 1.29. The lowest BCUT2D eigenvalue weighted by Gasteiger charge is -2.18. The van der Waals surface area contributed by atoms with Crippen LogP contribution in [-0.2, 0) is 13.1 Å². The zero-order chi connectivity index (χ0) is 25.9. The van der Waals surface area contributed by atoms with E-state index in [4.69, 9.17) is 5.73 Å². The average molecular weight is 518 g/mol. The summed E-state index contributed by atoms with van der Waals surface area (Å²) in [7, 11) is 1.56. The molecule has 0 spiro atoms. The number of nitrogen functional groups attached to an aromatic ring is 1. The zero-order valence-corrected chi connectivity index (χ0v) is 20.5. The van der Waals surface area contributed by atoms with Crippen molar-refractivity contribution in [1.29, 1.82) is 0 Å². The minimum Gasteiger partial charge on any atom is -0.383 e. The summed E-state index contributed by atoms with van der Waals surface area (Å²) in [5.41, 5.74) is 8.38. The van der Waals surface area contributed by atoms with E-state index in [1.54, 1.807) is 18.4 Å². The molecule has 0 unspecified atom stereocenters. The van der Waals surface area contributed by atoms with E-state index in [1.807, 2.05) is 30.3 Å². The third kappa shape index (κ3) is 5.21. The van der Waals surface area contributed by atoms with Gasteiger partial charge in [-0.1, -0.05) is 12.1 Å². The molecule has 0 fully saturated rings. The van der Waals surface area contributed by atoms with E-state index >= 15 is 0 Å². The molecule has 3 heterocycles. The van der Waals surface area contributed by atoms with Crippen LogP contribution in [0.4, 0.5) is 20.4 Å². The van der Waals surface area contributed by atoms with Crippen LogP contribution in [0, 0.1) is 11.6 Å². The third-order valence-corrected chi connectivity index (χ3v) is 6.83. The quantitative estimate of drug-likeness (QED) is 0.316. The van der Waals surface area contributed by atoms with Crippen molar-refractivity contribution < 1.29 is 13.6 Å². The molecule has 3 N–H and O–H groups in total. The van der Waals surface area contributed by atoms with E-state index < -0.39 is 17.5 Å². The highest BCUT2D eigenvalue weighted by Crippen LogP contribution is 2.31. The minimum atomic E-state index is -0.962. The van der Waals surface area contributed by atoms with Crippen LogP contribution in [0.1, 0.15) is 20.9 Å². The molecule has 3 aromatic heterocycles. The number of nitrogens with zero attached hydrogens (tertiary/aromatic N) is 5. The fraction of sp³-hybridized carbons (Fsp3) is 0.115. The smallest absolute Gasteiger partial charge is 0.276 e. The summed E-state index contributed by atoms with van der Waals surface area (Å²) in [6, 6.07) is 13.4. The van der Waals surface area contributed by atoms with Crippen LogP contribution in [0.15, 0.2) is 67.3 Å². The molecule has 11 heteroatoms. The number of thiophene rings is 1.